The predicted molar refractivity (Wildman–Crippen MR) is 32.1 cm³/mol. The summed E-state index contributed by atoms with van der Waals surface area (Å²) in [7, 11) is 0. The van der Waals surface area contributed by atoms with Crippen LogP contribution in [0.5, 0.6) is 0 Å². The third-order valence-corrected chi connectivity index (χ3v) is 0.968. The van der Waals surface area contributed by atoms with Crippen molar-refractivity contribution in [2.24, 2.45) is 0 Å². The van der Waals surface area contributed by atoms with E-state index in [1.54, 1.807) is 13.8 Å². The van der Waals surface area contributed by atoms with E-state index < -0.39 is 0 Å². The van der Waals surface area contributed by atoms with Crippen molar-refractivity contribution in [3.63, 3.8) is 0 Å². The van der Waals surface area contributed by atoms with E-state index in [0.717, 1.165) is 0 Å². The van der Waals surface area contributed by atoms with Crippen LogP contribution in [0.1, 0.15) is 13.8 Å². The van der Waals surface area contributed by atoms with Gasteiger partial charge in [0.15, 0.2) is 0 Å². The molecular weight excluding hydrogens is 104 g/mol. The maximum Gasteiger partial charge on any atom is 0.207 e. The van der Waals surface area contributed by atoms with E-state index >= 15 is 0 Å². The highest BCUT2D eigenvalue weighted by atomic mass is 16.1. The lowest BCUT2D eigenvalue weighted by Gasteiger charge is -2.05. The summed E-state index contributed by atoms with van der Waals surface area (Å²) in [5.74, 6) is 0. The zero-order valence-corrected chi connectivity index (χ0v) is 5.06. The summed E-state index contributed by atoms with van der Waals surface area (Å²) in [5, 5.41) is 9.42. The van der Waals surface area contributed by atoms with E-state index in [1.807, 2.05) is 0 Å². The van der Waals surface area contributed by atoms with Gasteiger partial charge in [-0.25, -0.2) is 0 Å². The Morgan fingerprint density at radius 3 is 2.50 bits per heavy atom. The number of rotatable bonds is 3. The Balaban J connectivity index is 3.46. The van der Waals surface area contributed by atoms with Gasteiger partial charge in [-0.3, -0.25) is 4.79 Å². The summed E-state index contributed by atoms with van der Waals surface area (Å²) >= 11 is 0. The van der Waals surface area contributed by atoms with Crippen molar-refractivity contribution in [2.45, 2.75) is 19.9 Å². The summed E-state index contributed by atoms with van der Waals surface area (Å²) in [4.78, 5) is 9.71. The molecule has 46 valence electrons. The molecule has 0 aliphatic heterocycles. The fraction of sp³-hybridized carbons (Fsp3) is 0.600. The van der Waals surface area contributed by atoms with Gasteiger partial charge in [-0.15, -0.1) is 0 Å². The van der Waals surface area contributed by atoms with Gasteiger partial charge in [0.2, 0.25) is 6.41 Å². The number of hydrogen-bond acceptors (Lipinski definition) is 2. The van der Waals surface area contributed by atoms with Crippen LogP contribution in [0, 0.1) is 5.41 Å². The van der Waals surface area contributed by atoms with E-state index in [-0.39, 0.29) is 6.04 Å². The van der Waals surface area contributed by atoms with E-state index in [2.05, 4.69) is 5.32 Å². The Bertz CT molecular complexity index is 101. The number of amides is 1. The Morgan fingerprint density at radius 2 is 2.38 bits per heavy atom. The average Bonchev–Trinajstić information content (AvgIpc) is 1.67. The largest absolute Gasteiger partial charge is 0.351 e. The SMILES string of the molecule is CC(=N)[C@H](C)NC=O. The Morgan fingerprint density at radius 1 is 1.88 bits per heavy atom. The molecule has 0 aliphatic carbocycles. The number of nitrogens with one attached hydrogen (secondary N) is 2. The number of carbonyl (C=O) groups is 1. The molecule has 0 fully saturated rings. The van der Waals surface area contributed by atoms with Crippen molar-refractivity contribution in [2.75, 3.05) is 0 Å². The minimum atomic E-state index is -0.118. The highest BCUT2D eigenvalue weighted by Gasteiger charge is 1.98. The molecule has 0 radical (unpaired) electrons. The van der Waals surface area contributed by atoms with Crippen LogP contribution in [-0.4, -0.2) is 18.2 Å². The van der Waals surface area contributed by atoms with Gasteiger partial charge in [0.25, 0.3) is 0 Å². The van der Waals surface area contributed by atoms with Crippen molar-refractivity contribution < 1.29 is 4.79 Å². The highest BCUT2D eigenvalue weighted by molar-refractivity contribution is 5.85. The van der Waals surface area contributed by atoms with Crippen molar-refractivity contribution in [3.05, 3.63) is 0 Å². The van der Waals surface area contributed by atoms with Crippen LogP contribution in [-0.2, 0) is 4.79 Å². The Kier molecular flexibility index (Phi) is 2.84. The zero-order valence-electron chi connectivity index (χ0n) is 5.06. The molecule has 0 spiro atoms. The summed E-state index contributed by atoms with van der Waals surface area (Å²) in [6.07, 6.45) is 0.600. The molecule has 0 aliphatic rings. The quantitative estimate of drug-likeness (QED) is 0.398. The molecule has 0 saturated carbocycles. The third kappa shape index (κ3) is 2.34. The van der Waals surface area contributed by atoms with E-state index in [4.69, 9.17) is 5.41 Å². The van der Waals surface area contributed by atoms with Crippen molar-refractivity contribution in [1.82, 2.24) is 5.32 Å². The lowest BCUT2D eigenvalue weighted by Crippen LogP contribution is -2.30. The summed E-state index contributed by atoms with van der Waals surface area (Å²) < 4.78 is 0. The topological polar surface area (TPSA) is 53.0 Å². The van der Waals surface area contributed by atoms with Gasteiger partial charge >= 0.3 is 0 Å². The summed E-state index contributed by atoms with van der Waals surface area (Å²) in [6, 6.07) is -0.118. The molecule has 0 bridgehead atoms. The molecule has 0 aromatic carbocycles. The summed E-state index contributed by atoms with van der Waals surface area (Å²) in [6.45, 7) is 3.41. The van der Waals surface area contributed by atoms with Gasteiger partial charge in [-0.05, 0) is 13.8 Å². The number of hydrogen-bond donors (Lipinski definition) is 2. The van der Waals surface area contributed by atoms with Crippen LogP contribution >= 0.6 is 0 Å². The van der Waals surface area contributed by atoms with Crippen molar-refractivity contribution in [1.29, 1.82) is 5.41 Å². The Labute approximate surface area is 48.6 Å². The van der Waals surface area contributed by atoms with Gasteiger partial charge in [0.1, 0.15) is 0 Å². The molecule has 2 N–H and O–H groups in total. The second-order valence-corrected chi connectivity index (χ2v) is 1.69. The van der Waals surface area contributed by atoms with E-state index in [9.17, 15) is 4.79 Å². The molecule has 0 rings (SSSR count). The first-order valence-electron chi connectivity index (χ1n) is 2.43. The smallest absolute Gasteiger partial charge is 0.207 e. The zero-order chi connectivity index (χ0) is 6.57. The molecular formula is C5H10N2O. The molecule has 3 heteroatoms. The van der Waals surface area contributed by atoms with Gasteiger partial charge in [-0.1, -0.05) is 0 Å². The first-order valence-corrected chi connectivity index (χ1v) is 2.43. The van der Waals surface area contributed by atoms with Crippen LogP contribution < -0.4 is 5.32 Å². The fourth-order valence-corrected chi connectivity index (χ4v) is 0.227. The van der Waals surface area contributed by atoms with Crippen LogP contribution in [0.3, 0.4) is 0 Å². The molecule has 0 aromatic rings. The van der Waals surface area contributed by atoms with E-state index in [1.165, 1.54) is 0 Å². The lowest BCUT2D eigenvalue weighted by atomic mass is 10.2. The predicted octanol–water partition coefficient (Wildman–Crippen LogP) is 0.161. The first kappa shape index (κ1) is 7.14. The molecule has 1 amide bonds. The van der Waals surface area contributed by atoms with Crippen LogP contribution in [0.2, 0.25) is 0 Å². The van der Waals surface area contributed by atoms with Gasteiger partial charge < -0.3 is 10.7 Å². The van der Waals surface area contributed by atoms with Crippen molar-refractivity contribution >= 4 is 12.1 Å². The highest BCUT2D eigenvalue weighted by Crippen LogP contribution is 1.79. The minimum absolute atomic E-state index is 0.118. The second-order valence-electron chi connectivity index (χ2n) is 1.69. The van der Waals surface area contributed by atoms with Crippen LogP contribution in [0.4, 0.5) is 0 Å². The van der Waals surface area contributed by atoms with Gasteiger partial charge in [-0.2, -0.15) is 0 Å². The standard InChI is InChI=1S/C5H10N2O/c1-4(6)5(2)7-3-8/h3,5-6H,1-2H3,(H,7,8)/t5-/m0/s1. The monoisotopic (exact) mass is 114 g/mol. The molecule has 1 atom stereocenters. The minimum Gasteiger partial charge on any atom is -0.351 e. The lowest BCUT2D eigenvalue weighted by molar-refractivity contribution is -0.109. The number of carbonyl (C=O) groups excluding carboxylic acids is 1. The maximum absolute atomic E-state index is 9.71. The van der Waals surface area contributed by atoms with Gasteiger partial charge in [0, 0.05) is 5.71 Å². The fourth-order valence-electron chi connectivity index (χ4n) is 0.227. The molecule has 3 nitrogen and oxygen atoms in total. The third-order valence-electron chi connectivity index (χ3n) is 0.968. The van der Waals surface area contributed by atoms with Crippen LogP contribution in [0.15, 0.2) is 0 Å². The molecule has 0 saturated heterocycles. The summed E-state index contributed by atoms with van der Waals surface area (Å²) in [5.41, 5.74) is 0.470. The molecule has 0 aromatic heterocycles. The Hall–Kier alpha value is -0.860. The van der Waals surface area contributed by atoms with E-state index in [0.29, 0.717) is 12.1 Å². The molecule has 8 heavy (non-hydrogen) atoms. The van der Waals surface area contributed by atoms with Gasteiger partial charge in [0.05, 0.1) is 6.04 Å². The second kappa shape index (κ2) is 3.18. The average molecular weight is 114 g/mol. The van der Waals surface area contributed by atoms with Crippen molar-refractivity contribution in [3.8, 4) is 0 Å². The normalized spacial score (nSPS) is 12.2. The molecule has 0 unspecified atom stereocenters. The van der Waals surface area contributed by atoms with Crippen LogP contribution in [0.25, 0.3) is 0 Å². The molecule has 0 heterocycles. The first-order chi connectivity index (χ1) is 3.68. The maximum atomic E-state index is 9.71.